The Bertz CT molecular complexity index is 941. The number of ether oxygens (including phenoxy) is 2. The molecule has 13 heteroatoms. The highest BCUT2D eigenvalue weighted by Crippen LogP contribution is 2.19. The molecule has 3 aliphatic heterocycles. The minimum Gasteiger partial charge on any atom is -0.378 e. The maximum atomic E-state index is 5.50. The van der Waals surface area contributed by atoms with Crippen LogP contribution in [0.15, 0.2) is 12.3 Å². The predicted molar refractivity (Wildman–Crippen MR) is 144 cm³/mol. The highest BCUT2D eigenvalue weighted by atomic mass is 16.5. The van der Waals surface area contributed by atoms with Crippen molar-refractivity contribution < 1.29 is 9.47 Å². The quantitative estimate of drug-likeness (QED) is 0.427. The average Bonchev–Trinajstić information content (AvgIpc) is 2.96. The van der Waals surface area contributed by atoms with Crippen LogP contribution < -0.4 is 25.3 Å². The minimum atomic E-state index is 0.620. The van der Waals surface area contributed by atoms with Gasteiger partial charge in [0.25, 0.3) is 0 Å². The van der Waals surface area contributed by atoms with Crippen LogP contribution in [0.3, 0.4) is 0 Å². The zero-order valence-electron chi connectivity index (χ0n) is 21.8. The van der Waals surface area contributed by atoms with Crippen LogP contribution in [-0.2, 0) is 9.47 Å². The first-order valence-electron chi connectivity index (χ1n) is 13.4. The molecular weight excluding hydrogens is 474 g/mol. The van der Waals surface area contributed by atoms with Gasteiger partial charge < -0.3 is 39.7 Å². The van der Waals surface area contributed by atoms with E-state index in [1.807, 2.05) is 12.3 Å². The van der Waals surface area contributed by atoms with Crippen LogP contribution in [-0.4, -0.2) is 129 Å². The Labute approximate surface area is 218 Å². The van der Waals surface area contributed by atoms with Gasteiger partial charge >= 0.3 is 0 Å². The molecule has 0 spiro atoms. The molecule has 5 rings (SSSR count). The zero-order valence-corrected chi connectivity index (χ0v) is 21.8. The number of likely N-dealkylation sites (N-methyl/N-ethyl adjacent to an activating group) is 1. The highest BCUT2D eigenvalue weighted by Gasteiger charge is 2.21. The van der Waals surface area contributed by atoms with E-state index in [1.54, 1.807) is 0 Å². The zero-order chi connectivity index (χ0) is 25.3. The Morgan fingerprint density at radius 1 is 0.676 bits per heavy atom. The molecule has 202 valence electrons. The van der Waals surface area contributed by atoms with Gasteiger partial charge in [-0.25, -0.2) is 4.98 Å². The molecule has 0 bridgehead atoms. The molecule has 3 fully saturated rings. The maximum Gasteiger partial charge on any atom is 0.232 e. The maximum absolute atomic E-state index is 5.50. The second kappa shape index (κ2) is 13.0. The molecule has 2 aromatic heterocycles. The second-order valence-corrected chi connectivity index (χ2v) is 9.55. The van der Waals surface area contributed by atoms with Crippen LogP contribution >= 0.6 is 0 Å². The van der Waals surface area contributed by atoms with Gasteiger partial charge in [-0.2, -0.15) is 19.9 Å². The summed E-state index contributed by atoms with van der Waals surface area (Å²) in [5.74, 6) is 3.72. The van der Waals surface area contributed by atoms with Gasteiger partial charge in [-0.15, -0.1) is 0 Å². The Hall–Kier alpha value is -3.03. The van der Waals surface area contributed by atoms with Gasteiger partial charge in [-0.05, 0) is 26.0 Å². The number of aromatic nitrogens is 5. The first-order chi connectivity index (χ1) is 18.2. The fourth-order valence-corrected chi connectivity index (χ4v) is 4.54. The molecule has 2 N–H and O–H groups in total. The average molecular weight is 514 g/mol. The Kier molecular flexibility index (Phi) is 8.98. The molecule has 0 aromatic carbocycles. The molecule has 3 aliphatic rings. The van der Waals surface area contributed by atoms with Gasteiger partial charge in [0.15, 0.2) is 0 Å². The van der Waals surface area contributed by atoms with E-state index in [2.05, 4.69) is 42.3 Å². The van der Waals surface area contributed by atoms with E-state index in [1.165, 1.54) is 0 Å². The lowest BCUT2D eigenvalue weighted by molar-refractivity contribution is 0.121. The summed E-state index contributed by atoms with van der Waals surface area (Å²) in [6, 6.07) is 1.99. The number of hydrogen-bond acceptors (Lipinski definition) is 13. The lowest BCUT2D eigenvalue weighted by Gasteiger charge is -2.33. The van der Waals surface area contributed by atoms with Gasteiger partial charge in [-0.3, -0.25) is 0 Å². The number of piperazine rings is 1. The molecule has 0 radical (unpaired) electrons. The van der Waals surface area contributed by atoms with Gasteiger partial charge in [-0.1, -0.05) is 0 Å². The van der Waals surface area contributed by atoms with E-state index in [-0.39, 0.29) is 0 Å². The van der Waals surface area contributed by atoms with Crippen molar-refractivity contribution in [3.63, 3.8) is 0 Å². The van der Waals surface area contributed by atoms with Gasteiger partial charge in [0.1, 0.15) is 5.82 Å². The summed E-state index contributed by atoms with van der Waals surface area (Å²) in [4.78, 5) is 32.3. The topological polar surface area (TPSA) is 120 Å². The van der Waals surface area contributed by atoms with E-state index >= 15 is 0 Å². The van der Waals surface area contributed by atoms with Gasteiger partial charge in [0.05, 0.1) is 26.4 Å². The highest BCUT2D eigenvalue weighted by molar-refractivity contribution is 5.46. The summed E-state index contributed by atoms with van der Waals surface area (Å²) < 4.78 is 11.0. The first-order valence-corrected chi connectivity index (χ1v) is 13.4. The molecular formula is C24H39N11O2. The van der Waals surface area contributed by atoms with Crippen LogP contribution in [0.1, 0.15) is 12.8 Å². The predicted octanol–water partition coefficient (Wildman–Crippen LogP) is 0.391. The molecule has 5 heterocycles. The molecule has 37 heavy (non-hydrogen) atoms. The smallest absolute Gasteiger partial charge is 0.232 e. The van der Waals surface area contributed by atoms with Crippen LogP contribution in [0.5, 0.6) is 0 Å². The number of morpholine rings is 2. The molecule has 0 aliphatic carbocycles. The van der Waals surface area contributed by atoms with Gasteiger partial charge in [0.2, 0.25) is 23.8 Å². The number of anilines is 5. The largest absolute Gasteiger partial charge is 0.378 e. The van der Waals surface area contributed by atoms with E-state index in [0.29, 0.717) is 50.2 Å². The SMILES string of the molecule is CN1CCN(c2ccnc(NCCCCNc3nc(N4CCOCC4)nc(N4CCOCC4)n3)n2)CC1. The summed E-state index contributed by atoms with van der Waals surface area (Å²) in [7, 11) is 2.16. The Balaban J connectivity index is 1.10. The summed E-state index contributed by atoms with van der Waals surface area (Å²) in [6.07, 6.45) is 3.78. The normalized spacial score (nSPS) is 19.2. The summed E-state index contributed by atoms with van der Waals surface area (Å²) in [6.45, 7) is 11.6. The fourth-order valence-electron chi connectivity index (χ4n) is 4.54. The monoisotopic (exact) mass is 513 g/mol. The van der Waals surface area contributed by atoms with Crippen LogP contribution in [0.4, 0.5) is 29.6 Å². The standard InChI is InChI=1S/C24H39N11O2/c1-32-8-10-33(11-9-32)20-4-7-27-21(28-20)25-5-2-3-6-26-22-29-23(34-12-16-36-17-13-34)31-24(30-22)35-14-18-37-19-15-35/h4,7H,2-3,5-6,8-19H2,1H3,(H,25,27,28)(H,26,29,30,31). The van der Waals surface area contributed by atoms with Crippen LogP contribution in [0.25, 0.3) is 0 Å². The molecule has 3 saturated heterocycles. The summed E-state index contributed by atoms with van der Waals surface area (Å²) in [5.41, 5.74) is 0. The van der Waals surface area contributed by atoms with Crippen molar-refractivity contribution in [1.29, 1.82) is 0 Å². The summed E-state index contributed by atoms with van der Waals surface area (Å²) in [5, 5.41) is 6.78. The molecule has 0 unspecified atom stereocenters. The number of unbranched alkanes of at least 4 members (excludes halogenated alkanes) is 1. The summed E-state index contributed by atoms with van der Waals surface area (Å²) >= 11 is 0. The van der Waals surface area contributed by atoms with Crippen molar-refractivity contribution in [2.45, 2.75) is 12.8 Å². The minimum absolute atomic E-state index is 0.620. The third kappa shape index (κ3) is 7.27. The van der Waals surface area contributed by atoms with Crippen LogP contribution in [0, 0.1) is 0 Å². The van der Waals surface area contributed by atoms with Gasteiger partial charge in [0, 0.05) is 71.6 Å². The van der Waals surface area contributed by atoms with Crippen molar-refractivity contribution in [2.75, 3.05) is 124 Å². The van der Waals surface area contributed by atoms with E-state index in [9.17, 15) is 0 Å². The molecule has 0 amide bonds. The van der Waals surface area contributed by atoms with Crippen molar-refractivity contribution in [3.05, 3.63) is 12.3 Å². The van der Waals surface area contributed by atoms with Crippen molar-refractivity contribution in [1.82, 2.24) is 29.8 Å². The van der Waals surface area contributed by atoms with Crippen molar-refractivity contribution >= 4 is 29.6 Å². The molecule has 13 nitrogen and oxygen atoms in total. The van der Waals surface area contributed by atoms with Crippen LogP contribution in [0.2, 0.25) is 0 Å². The van der Waals surface area contributed by atoms with E-state index in [4.69, 9.17) is 29.4 Å². The molecule has 2 aromatic rings. The number of hydrogen-bond donors (Lipinski definition) is 2. The first kappa shape index (κ1) is 25.6. The number of rotatable bonds is 10. The lowest BCUT2D eigenvalue weighted by atomic mass is 10.3. The van der Waals surface area contributed by atoms with E-state index < -0.39 is 0 Å². The number of nitrogens with one attached hydrogen (secondary N) is 2. The second-order valence-electron chi connectivity index (χ2n) is 9.55. The van der Waals surface area contributed by atoms with E-state index in [0.717, 1.165) is 84.1 Å². The van der Waals surface area contributed by atoms with Crippen molar-refractivity contribution in [2.24, 2.45) is 0 Å². The third-order valence-corrected chi connectivity index (χ3v) is 6.84. The lowest BCUT2D eigenvalue weighted by Crippen LogP contribution is -2.44. The Morgan fingerprint density at radius 2 is 1.24 bits per heavy atom. The fraction of sp³-hybridized carbons (Fsp3) is 0.708. The molecule has 0 saturated carbocycles. The molecule has 0 atom stereocenters. The number of nitrogens with zero attached hydrogens (tertiary/aromatic N) is 9. The third-order valence-electron chi connectivity index (χ3n) is 6.84. The van der Waals surface area contributed by atoms with Crippen molar-refractivity contribution in [3.8, 4) is 0 Å². The Morgan fingerprint density at radius 3 is 1.84 bits per heavy atom.